The maximum absolute atomic E-state index is 5.88. The molecule has 26 heavy (non-hydrogen) atoms. The van der Waals surface area contributed by atoms with E-state index in [4.69, 9.17) is 9.47 Å². The standard InChI is InChI=1S/C21H24N2O2S/c1-3-8-16-11-12-19(20(15-16)24-2)25-13-6-7-14-26-21-22-17-9-4-5-10-18(17)23-21/h3-5,8-12,15H,6-7,13-14H2,1-2H3,(H,22,23)/b8-3+. The van der Waals surface area contributed by atoms with Crippen molar-refractivity contribution in [3.63, 3.8) is 0 Å². The predicted octanol–water partition coefficient (Wildman–Crippen LogP) is 5.56. The smallest absolute Gasteiger partial charge is 0.166 e. The zero-order valence-corrected chi connectivity index (χ0v) is 16.0. The molecule has 0 atom stereocenters. The molecule has 0 unspecified atom stereocenters. The highest BCUT2D eigenvalue weighted by molar-refractivity contribution is 7.99. The van der Waals surface area contributed by atoms with E-state index in [-0.39, 0.29) is 0 Å². The van der Waals surface area contributed by atoms with E-state index in [0.29, 0.717) is 6.61 Å². The Labute approximate surface area is 158 Å². The largest absolute Gasteiger partial charge is 0.493 e. The molecule has 0 aliphatic heterocycles. The molecule has 136 valence electrons. The van der Waals surface area contributed by atoms with Crippen molar-refractivity contribution >= 4 is 28.9 Å². The average Bonchev–Trinajstić information content (AvgIpc) is 3.08. The van der Waals surface area contributed by atoms with Crippen molar-refractivity contribution in [3.8, 4) is 11.5 Å². The number of allylic oxidation sites excluding steroid dienone is 1. The van der Waals surface area contributed by atoms with Gasteiger partial charge in [0, 0.05) is 5.75 Å². The molecule has 3 rings (SSSR count). The number of benzene rings is 2. The first-order valence-electron chi connectivity index (χ1n) is 8.81. The van der Waals surface area contributed by atoms with Crippen LogP contribution in [0.3, 0.4) is 0 Å². The second kappa shape index (κ2) is 9.34. The highest BCUT2D eigenvalue weighted by Crippen LogP contribution is 2.29. The summed E-state index contributed by atoms with van der Waals surface area (Å²) in [6, 6.07) is 14.1. The van der Waals surface area contributed by atoms with Crippen molar-refractivity contribution in [1.29, 1.82) is 0 Å². The Kier molecular flexibility index (Phi) is 6.61. The number of aromatic amines is 1. The highest BCUT2D eigenvalue weighted by atomic mass is 32.2. The molecule has 0 saturated carbocycles. The minimum atomic E-state index is 0.681. The van der Waals surface area contributed by atoms with Crippen molar-refractivity contribution < 1.29 is 9.47 Å². The van der Waals surface area contributed by atoms with E-state index in [1.54, 1.807) is 18.9 Å². The van der Waals surface area contributed by atoms with Gasteiger partial charge in [0.25, 0.3) is 0 Å². The molecular weight excluding hydrogens is 344 g/mol. The quantitative estimate of drug-likeness (QED) is 0.397. The van der Waals surface area contributed by atoms with E-state index in [2.05, 4.69) is 16.0 Å². The molecule has 2 aromatic carbocycles. The molecule has 0 bridgehead atoms. The van der Waals surface area contributed by atoms with Gasteiger partial charge in [-0.1, -0.05) is 42.1 Å². The van der Waals surface area contributed by atoms with E-state index in [9.17, 15) is 0 Å². The summed E-state index contributed by atoms with van der Waals surface area (Å²) >= 11 is 1.75. The first-order chi connectivity index (χ1) is 12.8. The normalized spacial score (nSPS) is 11.3. The molecule has 5 heteroatoms. The highest BCUT2D eigenvalue weighted by Gasteiger charge is 2.05. The Bertz CT molecular complexity index is 840. The van der Waals surface area contributed by atoms with Crippen LogP contribution in [0.2, 0.25) is 0 Å². The lowest BCUT2D eigenvalue weighted by Gasteiger charge is -2.11. The molecule has 1 aromatic heterocycles. The predicted molar refractivity (Wildman–Crippen MR) is 109 cm³/mol. The van der Waals surface area contributed by atoms with Gasteiger partial charge >= 0.3 is 0 Å². The van der Waals surface area contributed by atoms with Gasteiger partial charge in [0.05, 0.1) is 24.8 Å². The van der Waals surface area contributed by atoms with Crippen molar-refractivity contribution in [1.82, 2.24) is 9.97 Å². The van der Waals surface area contributed by atoms with Crippen LogP contribution in [-0.4, -0.2) is 29.4 Å². The van der Waals surface area contributed by atoms with Crippen LogP contribution in [-0.2, 0) is 0 Å². The molecule has 1 heterocycles. The second-order valence-corrected chi connectivity index (χ2v) is 6.96. The summed E-state index contributed by atoms with van der Waals surface area (Å²) in [5.41, 5.74) is 3.22. The van der Waals surface area contributed by atoms with E-state index < -0.39 is 0 Å². The number of nitrogens with one attached hydrogen (secondary N) is 1. The number of aromatic nitrogens is 2. The van der Waals surface area contributed by atoms with E-state index in [0.717, 1.165) is 51.8 Å². The first kappa shape index (κ1) is 18.4. The van der Waals surface area contributed by atoms with Gasteiger partial charge in [-0.15, -0.1) is 0 Å². The summed E-state index contributed by atoms with van der Waals surface area (Å²) in [4.78, 5) is 7.92. The van der Waals surface area contributed by atoms with Gasteiger partial charge in [-0.3, -0.25) is 0 Å². The molecule has 0 spiro atoms. The molecule has 0 saturated heterocycles. The molecule has 0 radical (unpaired) electrons. The van der Waals surface area contributed by atoms with Gasteiger partial charge in [-0.2, -0.15) is 0 Å². The third kappa shape index (κ3) is 4.82. The number of thioether (sulfide) groups is 1. The summed E-state index contributed by atoms with van der Waals surface area (Å²) in [5.74, 6) is 2.59. The van der Waals surface area contributed by atoms with Gasteiger partial charge < -0.3 is 14.5 Å². The lowest BCUT2D eigenvalue weighted by molar-refractivity contribution is 0.288. The second-order valence-electron chi connectivity index (χ2n) is 5.87. The lowest BCUT2D eigenvalue weighted by Crippen LogP contribution is -2.00. The molecule has 0 aliphatic rings. The van der Waals surface area contributed by atoms with Crippen LogP contribution in [0.5, 0.6) is 11.5 Å². The zero-order chi connectivity index (χ0) is 18.2. The van der Waals surface area contributed by atoms with Gasteiger partial charge in [0.15, 0.2) is 16.7 Å². The van der Waals surface area contributed by atoms with Crippen LogP contribution in [0, 0.1) is 0 Å². The van der Waals surface area contributed by atoms with Crippen LogP contribution >= 0.6 is 11.8 Å². The third-order valence-electron chi connectivity index (χ3n) is 3.95. The Morgan fingerprint density at radius 2 is 2.00 bits per heavy atom. The number of methoxy groups -OCH3 is 1. The van der Waals surface area contributed by atoms with Gasteiger partial charge in [-0.05, 0) is 49.6 Å². The number of H-pyrrole nitrogens is 1. The van der Waals surface area contributed by atoms with Gasteiger partial charge in [0.2, 0.25) is 0 Å². The Balaban J connectivity index is 1.41. The molecule has 3 aromatic rings. The fourth-order valence-corrected chi connectivity index (χ4v) is 3.54. The topological polar surface area (TPSA) is 47.1 Å². The van der Waals surface area contributed by atoms with E-state index >= 15 is 0 Å². The Morgan fingerprint density at radius 1 is 1.12 bits per heavy atom. The maximum Gasteiger partial charge on any atom is 0.166 e. The molecule has 0 fully saturated rings. The minimum Gasteiger partial charge on any atom is -0.493 e. The van der Waals surface area contributed by atoms with Gasteiger partial charge in [0.1, 0.15) is 0 Å². The number of rotatable bonds is 9. The van der Waals surface area contributed by atoms with Gasteiger partial charge in [-0.25, -0.2) is 4.98 Å². The van der Waals surface area contributed by atoms with E-state index in [1.807, 2.05) is 55.5 Å². The summed E-state index contributed by atoms with van der Waals surface area (Å²) < 4.78 is 11.3. The molecular formula is C21H24N2O2S. The molecule has 0 aliphatic carbocycles. The fraction of sp³-hybridized carbons (Fsp3) is 0.286. The third-order valence-corrected chi connectivity index (χ3v) is 4.91. The summed E-state index contributed by atoms with van der Waals surface area (Å²) in [6.07, 6.45) is 6.12. The van der Waals surface area contributed by atoms with Crippen LogP contribution < -0.4 is 9.47 Å². The summed E-state index contributed by atoms with van der Waals surface area (Å²) in [5, 5.41) is 0.980. The number of para-hydroxylation sites is 2. The number of hydrogen-bond donors (Lipinski definition) is 1. The van der Waals surface area contributed by atoms with Crippen LogP contribution in [0.4, 0.5) is 0 Å². The number of fused-ring (bicyclic) bond motifs is 1. The first-order valence-corrected chi connectivity index (χ1v) is 9.80. The Hall–Kier alpha value is -2.40. The number of imidazole rings is 1. The summed E-state index contributed by atoms with van der Waals surface area (Å²) in [6.45, 7) is 2.68. The van der Waals surface area contributed by atoms with E-state index in [1.165, 1.54) is 0 Å². The number of ether oxygens (including phenoxy) is 2. The molecule has 4 nitrogen and oxygen atoms in total. The van der Waals surface area contributed by atoms with Crippen molar-refractivity contribution in [2.24, 2.45) is 0 Å². The minimum absolute atomic E-state index is 0.681. The zero-order valence-electron chi connectivity index (χ0n) is 15.2. The SMILES string of the molecule is C/C=C/c1ccc(OCCCCSc2nc3ccccc3[nH]2)c(OC)c1. The monoisotopic (exact) mass is 368 g/mol. The number of hydrogen-bond acceptors (Lipinski definition) is 4. The maximum atomic E-state index is 5.88. The fourth-order valence-electron chi connectivity index (χ4n) is 2.65. The average molecular weight is 369 g/mol. The number of nitrogens with zero attached hydrogens (tertiary/aromatic N) is 1. The molecule has 1 N–H and O–H groups in total. The lowest BCUT2D eigenvalue weighted by atomic mass is 10.2. The van der Waals surface area contributed by atoms with Crippen molar-refractivity contribution in [3.05, 3.63) is 54.1 Å². The number of unbranched alkanes of at least 4 members (excludes halogenated alkanes) is 1. The Morgan fingerprint density at radius 3 is 2.81 bits per heavy atom. The van der Waals surface area contributed by atoms with Crippen LogP contribution in [0.25, 0.3) is 17.1 Å². The van der Waals surface area contributed by atoms with Crippen molar-refractivity contribution in [2.75, 3.05) is 19.5 Å². The van der Waals surface area contributed by atoms with Crippen LogP contribution in [0.1, 0.15) is 25.3 Å². The van der Waals surface area contributed by atoms with Crippen molar-refractivity contribution in [2.45, 2.75) is 24.9 Å². The van der Waals surface area contributed by atoms with Crippen LogP contribution in [0.15, 0.2) is 53.7 Å². The molecule has 0 amide bonds. The summed E-state index contributed by atoms with van der Waals surface area (Å²) in [7, 11) is 1.67.